The SMILES string of the molecule is CC(=O)NCCc1ccc(-c2csc(NC(=O)C3CCCc4ccccc43)n2)cc1. The second kappa shape index (κ2) is 9.22. The molecule has 1 aliphatic carbocycles. The Balaban J connectivity index is 1.40. The van der Waals surface area contributed by atoms with Gasteiger partial charge in [-0.1, -0.05) is 48.5 Å². The van der Waals surface area contributed by atoms with Crippen molar-refractivity contribution in [2.24, 2.45) is 0 Å². The largest absolute Gasteiger partial charge is 0.356 e. The molecule has 0 saturated carbocycles. The molecule has 2 N–H and O–H groups in total. The van der Waals surface area contributed by atoms with E-state index in [9.17, 15) is 9.59 Å². The zero-order valence-corrected chi connectivity index (χ0v) is 17.8. The fraction of sp³-hybridized carbons (Fsp3) is 0.292. The lowest BCUT2D eigenvalue weighted by molar-refractivity contribution is -0.119. The summed E-state index contributed by atoms with van der Waals surface area (Å²) in [5, 5.41) is 8.43. The molecule has 0 radical (unpaired) electrons. The summed E-state index contributed by atoms with van der Waals surface area (Å²) in [5.74, 6) is -0.0954. The molecule has 4 rings (SSSR count). The van der Waals surface area contributed by atoms with E-state index < -0.39 is 0 Å². The van der Waals surface area contributed by atoms with Crippen LogP contribution in [0.2, 0.25) is 0 Å². The van der Waals surface area contributed by atoms with E-state index in [0.717, 1.165) is 48.1 Å². The van der Waals surface area contributed by atoms with Crippen molar-refractivity contribution in [1.29, 1.82) is 0 Å². The lowest BCUT2D eigenvalue weighted by atomic mass is 9.82. The number of carbonyl (C=O) groups is 2. The first-order valence-electron chi connectivity index (χ1n) is 10.3. The van der Waals surface area contributed by atoms with Crippen molar-refractivity contribution >= 4 is 28.3 Å². The van der Waals surface area contributed by atoms with Crippen LogP contribution in [-0.4, -0.2) is 23.3 Å². The second-order valence-electron chi connectivity index (χ2n) is 7.60. The van der Waals surface area contributed by atoms with Crippen molar-refractivity contribution in [2.75, 3.05) is 11.9 Å². The number of nitrogens with one attached hydrogen (secondary N) is 2. The average molecular weight is 420 g/mol. The maximum absolute atomic E-state index is 12.9. The van der Waals surface area contributed by atoms with Gasteiger partial charge in [0.05, 0.1) is 11.6 Å². The number of thiazole rings is 1. The summed E-state index contributed by atoms with van der Waals surface area (Å²) in [7, 11) is 0. The fourth-order valence-corrected chi connectivity index (χ4v) is 4.63. The number of hydrogen-bond acceptors (Lipinski definition) is 4. The summed E-state index contributed by atoms with van der Waals surface area (Å²) in [5.41, 5.74) is 5.45. The summed E-state index contributed by atoms with van der Waals surface area (Å²) in [4.78, 5) is 28.5. The minimum Gasteiger partial charge on any atom is -0.356 e. The Morgan fingerprint density at radius 1 is 1.13 bits per heavy atom. The van der Waals surface area contributed by atoms with E-state index in [4.69, 9.17) is 0 Å². The van der Waals surface area contributed by atoms with Gasteiger partial charge >= 0.3 is 0 Å². The molecule has 1 unspecified atom stereocenters. The molecule has 30 heavy (non-hydrogen) atoms. The molecule has 154 valence electrons. The Morgan fingerprint density at radius 2 is 1.93 bits per heavy atom. The van der Waals surface area contributed by atoms with E-state index in [2.05, 4.69) is 27.8 Å². The summed E-state index contributed by atoms with van der Waals surface area (Å²) in [6.45, 7) is 2.15. The first kappa shape index (κ1) is 20.3. The first-order valence-corrected chi connectivity index (χ1v) is 11.2. The van der Waals surface area contributed by atoms with Gasteiger partial charge in [0.15, 0.2) is 5.13 Å². The van der Waals surface area contributed by atoms with Gasteiger partial charge < -0.3 is 10.6 Å². The molecule has 1 heterocycles. The summed E-state index contributed by atoms with van der Waals surface area (Å²) in [6, 6.07) is 16.4. The molecule has 2 aromatic carbocycles. The number of carbonyl (C=O) groups excluding carboxylic acids is 2. The number of hydrogen-bond donors (Lipinski definition) is 2. The lowest BCUT2D eigenvalue weighted by Crippen LogP contribution is -2.24. The van der Waals surface area contributed by atoms with Crippen LogP contribution in [0.25, 0.3) is 11.3 Å². The van der Waals surface area contributed by atoms with Crippen LogP contribution in [0.1, 0.15) is 42.4 Å². The number of nitrogens with zero attached hydrogens (tertiary/aromatic N) is 1. The molecule has 0 aliphatic heterocycles. The minimum atomic E-state index is -0.106. The maximum atomic E-state index is 12.9. The van der Waals surface area contributed by atoms with E-state index in [1.54, 1.807) is 0 Å². The van der Waals surface area contributed by atoms with Crippen molar-refractivity contribution in [3.63, 3.8) is 0 Å². The van der Waals surface area contributed by atoms with Crippen molar-refractivity contribution in [1.82, 2.24) is 10.3 Å². The molecule has 2 amide bonds. The molecule has 3 aromatic rings. The van der Waals surface area contributed by atoms with Crippen LogP contribution in [0.5, 0.6) is 0 Å². The highest BCUT2D eigenvalue weighted by Gasteiger charge is 2.26. The van der Waals surface area contributed by atoms with Gasteiger partial charge in [-0.25, -0.2) is 4.98 Å². The Labute approximate surface area is 180 Å². The van der Waals surface area contributed by atoms with Gasteiger partial charge in [0.2, 0.25) is 11.8 Å². The highest BCUT2D eigenvalue weighted by Crippen LogP contribution is 2.33. The zero-order valence-electron chi connectivity index (χ0n) is 17.0. The first-order chi connectivity index (χ1) is 14.6. The Kier molecular flexibility index (Phi) is 6.23. The zero-order chi connectivity index (χ0) is 20.9. The molecule has 5 nitrogen and oxygen atoms in total. The van der Waals surface area contributed by atoms with Gasteiger partial charge in [-0.15, -0.1) is 11.3 Å². The number of anilines is 1. The summed E-state index contributed by atoms with van der Waals surface area (Å²) >= 11 is 1.45. The Morgan fingerprint density at radius 3 is 2.73 bits per heavy atom. The second-order valence-corrected chi connectivity index (χ2v) is 8.46. The van der Waals surface area contributed by atoms with Gasteiger partial charge in [0.25, 0.3) is 0 Å². The fourth-order valence-electron chi connectivity index (χ4n) is 3.91. The number of rotatable bonds is 6. The van der Waals surface area contributed by atoms with Gasteiger partial charge in [-0.05, 0) is 42.4 Å². The van der Waals surface area contributed by atoms with E-state index in [1.807, 2.05) is 41.8 Å². The van der Waals surface area contributed by atoms with Gasteiger partial charge in [0.1, 0.15) is 0 Å². The van der Waals surface area contributed by atoms with Crippen LogP contribution in [-0.2, 0) is 22.4 Å². The number of amides is 2. The van der Waals surface area contributed by atoms with Crippen LogP contribution >= 0.6 is 11.3 Å². The molecule has 1 atom stereocenters. The molecule has 1 aliphatic rings. The topological polar surface area (TPSA) is 71.1 Å². The minimum absolute atomic E-state index is 0.0135. The van der Waals surface area contributed by atoms with Crippen molar-refractivity contribution in [3.8, 4) is 11.3 Å². The van der Waals surface area contributed by atoms with Crippen LogP contribution in [0.4, 0.5) is 5.13 Å². The predicted octanol–water partition coefficient (Wildman–Crippen LogP) is 4.55. The molecule has 1 aromatic heterocycles. The normalized spacial score (nSPS) is 15.3. The molecular formula is C24H25N3O2S. The van der Waals surface area contributed by atoms with Gasteiger partial charge in [-0.3, -0.25) is 9.59 Å². The average Bonchev–Trinajstić information content (AvgIpc) is 3.22. The standard InChI is InChI=1S/C24H25N3O2S/c1-16(28)25-14-13-17-9-11-19(12-10-17)22-15-30-24(26-22)27-23(29)21-8-4-6-18-5-2-3-7-20(18)21/h2-3,5,7,9-12,15,21H,4,6,8,13-14H2,1H3,(H,25,28)(H,26,27,29). The Bertz CT molecular complexity index is 1040. The van der Waals surface area contributed by atoms with E-state index >= 15 is 0 Å². The summed E-state index contributed by atoms with van der Waals surface area (Å²) in [6.07, 6.45) is 3.75. The van der Waals surface area contributed by atoms with E-state index in [0.29, 0.717) is 11.7 Å². The molecular weight excluding hydrogens is 394 g/mol. The number of aromatic nitrogens is 1. The third kappa shape index (κ3) is 4.76. The van der Waals surface area contributed by atoms with Crippen LogP contribution in [0.3, 0.4) is 0 Å². The van der Waals surface area contributed by atoms with Gasteiger partial charge in [0, 0.05) is 24.4 Å². The third-order valence-electron chi connectivity index (χ3n) is 5.46. The summed E-state index contributed by atoms with van der Waals surface area (Å²) < 4.78 is 0. The smallest absolute Gasteiger partial charge is 0.233 e. The predicted molar refractivity (Wildman–Crippen MR) is 121 cm³/mol. The van der Waals surface area contributed by atoms with Crippen LogP contribution < -0.4 is 10.6 Å². The molecule has 0 fully saturated rings. The number of aryl methyl sites for hydroxylation is 1. The van der Waals surface area contributed by atoms with Crippen LogP contribution in [0, 0.1) is 0 Å². The molecule has 6 heteroatoms. The van der Waals surface area contributed by atoms with Crippen molar-refractivity contribution in [2.45, 2.75) is 38.5 Å². The van der Waals surface area contributed by atoms with Crippen molar-refractivity contribution in [3.05, 3.63) is 70.6 Å². The third-order valence-corrected chi connectivity index (χ3v) is 6.22. The molecule has 0 saturated heterocycles. The van der Waals surface area contributed by atoms with Gasteiger partial charge in [-0.2, -0.15) is 0 Å². The number of benzene rings is 2. The molecule has 0 spiro atoms. The van der Waals surface area contributed by atoms with Crippen LogP contribution in [0.15, 0.2) is 53.9 Å². The Hall–Kier alpha value is -2.99. The van der Waals surface area contributed by atoms with E-state index in [-0.39, 0.29) is 17.7 Å². The highest BCUT2D eigenvalue weighted by atomic mass is 32.1. The number of fused-ring (bicyclic) bond motifs is 1. The maximum Gasteiger partial charge on any atom is 0.233 e. The van der Waals surface area contributed by atoms with E-state index in [1.165, 1.54) is 23.8 Å². The lowest BCUT2D eigenvalue weighted by Gasteiger charge is -2.24. The highest BCUT2D eigenvalue weighted by molar-refractivity contribution is 7.14. The molecule has 0 bridgehead atoms. The van der Waals surface area contributed by atoms with Crippen molar-refractivity contribution < 1.29 is 9.59 Å². The monoisotopic (exact) mass is 419 g/mol. The quantitative estimate of drug-likeness (QED) is 0.616.